The highest BCUT2D eigenvalue weighted by Gasteiger charge is 2.14. The number of hydrogen-bond acceptors (Lipinski definition) is 3. The largest absolute Gasteiger partial charge is 0.458 e. The van der Waals surface area contributed by atoms with Gasteiger partial charge in [-0.25, -0.2) is 4.98 Å². The topological polar surface area (TPSA) is 42.4 Å². The van der Waals surface area contributed by atoms with E-state index in [9.17, 15) is 5.11 Å². The monoisotopic (exact) mass is 367 g/mol. The van der Waals surface area contributed by atoms with E-state index in [0.29, 0.717) is 11.4 Å². The zero-order valence-electron chi connectivity index (χ0n) is 10.00. The molecule has 1 atom stereocenters. The normalized spacial score (nSPS) is 13.6. The van der Waals surface area contributed by atoms with Crippen molar-refractivity contribution >= 4 is 34.2 Å². The Balaban J connectivity index is 3.10. The van der Waals surface area contributed by atoms with Gasteiger partial charge >= 0.3 is 0 Å². The van der Waals surface area contributed by atoms with E-state index in [0.717, 1.165) is 15.8 Å². The third-order valence-electron chi connectivity index (χ3n) is 2.24. The van der Waals surface area contributed by atoms with Crippen molar-refractivity contribution in [1.29, 1.82) is 0 Å². The summed E-state index contributed by atoms with van der Waals surface area (Å²) < 4.78 is 6.53. The van der Waals surface area contributed by atoms with Crippen LogP contribution in [0.15, 0.2) is 17.9 Å². The molecule has 0 amide bonds. The van der Waals surface area contributed by atoms with Gasteiger partial charge in [-0.2, -0.15) is 0 Å². The van der Waals surface area contributed by atoms with Crippen molar-refractivity contribution in [3.63, 3.8) is 0 Å². The van der Waals surface area contributed by atoms with E-state index in [1.807, 2.05) is 19.9 Å². The predicted molar refractivity (Wildman–Crippen MR) is 77.3 cm³/mol. The van der Waals surface area contributed by atoms with Gasteiger partial charge in [-0.05, 0) is 48.6 Å². The Labute approximate surface area is 120 Å². The van der Waals surface area contributed by atoms with Gasteiger partial charge in [-0.15, -0.1) is 0 Å². The van der Waals surface area contributed by atoms with Crippen LogP contribution in [0.1, 0.15) is 39.0 Å². The quantitative estimate of drug-likeness (QED) is 0.495. The lowest BCUT2D eigenvalue weighted by Gasteiger charge is -2.13. The number of halogens is 2. The van der Waals surface area contributed by atoms with Crippen LogP contribution in [0.5, 0.6) is 5.75 Å². The zero-order valence-corrected chi connectivity index (χ0v) is 12.9. The van der Waals surface area contributed by atoms with Crippen molar-refractivity contribution < 1.29 is 9.84 Å². The van der Waals surface area contributed by atoms with Gasteiger partial charge < -0.3 is 9.84 Å². The van der Waals surface area contributed by atoms with Crippen LogP contribution in [0, 0.1) is 3.57 Å². The van der Waals surface area contributed by atoms with E-state index in [1.165, 1.54) is 0 Å². The van der Waals surface area contributed by atoms with Crippen LogP contribution in [0.2, 0.25) is 5.15 Å². The fourth-order valence-corrected chi connectivity index (χ4v) is 2.34. The number of nitrogens with zero attached hydrogens (tertiary/aromatic N) is 1. The molecule has 94 valence electrons. The number of pyridine rings is 1. The summed E-state index contributed by atoms with van der Waals surface area (Å²) in [5, 5.41) is 9.74. The van der Waals surface area contributed by atoms with Crippen LogP contribution in [0.4, 0.5) is 0 Å². The van der Waals surface area contributed by atoms with E-state index in [4.69, 9.17) is 16.3 Å². The van der Waals surface area contributed by atoms with Gasteiger partial charge in [0.1, 0.15) is 0 Å². The fraction of sp³-hybridized carbons (Fsp3) is 0.417. The minimum Gasteiger partial charge on any atom is -0.458 e. The molecule has 5 heteroatoms. The standard InChI is InChI=1S/C12H15ClINO2/c1-4-8(5-2)17-11-9(14)6-10(7(3)16)15-12(11)13/h4,6-7,16H,5H2,1-3H3. The maximum atomic E-state index is 9.46. The highest BCUT2D eigenvalue weighted by molar-refractivity contribution is 14.1. The summed E-state index contributed by atoms with van der Waals surface area (Å²) in [4.78, 5) is 4.11. The molecular formula is C12H15ClINO2. The molecule has 1 unspecified atom stereocenters. The SMILES string of the molecule is CC=C(CC)Oc1c(I)cc(C(C)O)nc1Cl. The van der Waals surface area contributed by atoms with E-state index in [2.05, 4.69) is 27.6 Å². The van der Waals surface area contributed by atoms with Gasteiger partial charge in [-0.3, -0.25) is 0 Å². The van der Waals surface area contributed by atoms with Crippen LogP contribution in [-0.4, -0.2) is 10.1 Å². The Hall–Kier alpha value is -0.330. The molecule has 0 bridgehead atoms. The maximum absolute atomic E-state index is 9.46. The first-order valence-corrected chi connectivity index (χ1v) is 6.82. The zero-order chi connectivity index (χ0) is 13.0. The Morgan fingerprint density at radius 1 is 1.71 bits per heavy atom. The van der Waals surface area contributed by atoms with Crippen LogP contribution in [0.25, 0.3) is 0 Å². The molecule has 0 fully saturated rings. The predicted octanol–water partition coefficient (Wildman–Crippen LogP) is 4.09. The number of allylic oxidation sites excluding steroid dienone is 2. The summed E-state index contributed by atoms with van der Waals surface area (Å²) in [6.45, 7) is 5.57. The molecule has 0 aliphatic rings. The van der Waals surface area contributed by atoms with Gasteiger partial charge in [0, 0.05) is 6.42 Å². The van der Waals surface area contributed by atoms with E-state index in [1.54, 1.807) is 13.0 Å². The van der Waals surface area contributed by atoms with E-state index in [-0.39, 0.29) is 5.15 Å². The second kappa shape index (κ2) is 6.56. The van der Waals surface area contributed by atoms with Gasteiger partial charge in [-0.1, -0.05) is 18.5 Å². The van der Waals surface area contributed by atoms with Crippen LogP contribution in [0.3, 0.4) is 0 Å². The van der Waals surface area contributed by atoms with E-state index < -0.39 is 6.10 Å². The summed E-state index contributed by atoms with van der Waals surface area (Å²) in [6.07, 6.45) is 2.05. The van der Waals surface area contributed by atoms with Gasteiger partial charge in [0.05, 0.1) is 21.1 Å². The number of ether oxygens (including phenoxy) is 1. The molecule has 17 heavy (non-hydrogen) atoms. The minimum absolute atomic E-state index is 0.278. The highest BCUT2D eigenvalue weighted by Crippen LogP contribution is 2.32. The molecule has 0 saturated carbocycles. The van der Waals surface area contributed by atoms with Gasteiger partial charge in [0.2, 0.25) is 0 Å². The molecule has 0 aliphatic heterocycles. The number of aromatic nitrogens is 1. The molecular weight excluding hydrogens is 352 g/mol. The van der Waals surface area contributed by atoms with Crippen LogP contribution >= 0.6 is 34.2 Å². The first kappa shape index (κ1) is 14.7. The van der Waals surface area contributed by atoms with Crippen molar-refractivity contribution in [2.45, 2.75) is 33.3 Å². The smallest absolute Gasteiger partial charge is 0.177 e. The molecule has 0 aliphatic carbocycles. The highest BCUT2D eigenvalue weighted by atomic mass is 127. The summed E-state index contributed by atoms with van der Waals surface area (Å²) in [7, 11) is 0. The average molecular weight is 368 g/mol. The van der Waals surface area contributed by atoms with Crippen molar-refractivity contribution in [3.05, 3.63) is 32.3 Å². The molecule has 0 aromatic carbocycles. The third-order valence-corrected chi connectivity index (χ3v) is 3.30. The Bertz CT molecular complexity index is 410. The molecule has 0 spiro atoms. The van der Waals surface area contributed by atoms with Crippen molar-refractivity contribution in [3.8, 4) is 5.75 Å². The molecule has 1 heterocycles. The van der Waals surface area contributed by atoms with Crippen molar-refractivity contribution in [2.75, 3.05) is 0 Å². The summed E-state index contributed by atoms with van der Waals surface area (Å²) in [5.74, 6) is 1.39. The van der Waals surface area contributed by atoms with Crippen molar-refractivity contribution in [2.24, 2.45) is 0 Å². The van der Waals surface area contributed by atoms with Gasteiger partial charge in [0.25, 0.3) is 0 Å². The molecule has 1 rings (SSSR count). The Kier molecular flexibility index (Phi) is 5.69. The van der Waals surface area contributed by atoms with Crippen LogP contribution < -0.4 is 4.74 Å². The number of rotatable bonds is 4. The lowest BCUT2D eigenvalue weighted by molar-refractivity contribution is 0.194. The summed E-state index contributed by atoms with van der Waals surface area (Å²) in [6, 6.07) is 1.77. The summed E-state index contributed by atoms with van der Waals surface area (Å²) in [5.41, 5.74) is 0.547. The van der Waals surface area contributed by atoms with Gasteiger partial charge in [0.15, 0.2) is 10.9 Å². The molecule has 0 radical (unpaired) electrons. The average Bonchev–Trinajstić information content (AvgIpc) is 2.28. The second-order valence-electron chi connectivity index (χ2n) is 3.54. The lowest BCUT2D eigenvalue weighted by atomic mass is 10.2. The molecule has 1 aromatic rings. The first-order valence-electron chi connectivity index (χ1n) is 5.36. The van der Waals surface area contributed by atoms with Crippen LogP contribution in [-0.2, 0) is 0 Å². The minimum atomic E-state index is -0.637. The first-order chi connectivity index (χ1) is 7.99. The third kappa shape index (κ3) is 3.82. The molecule has 0 saturated heterocycles. The second-order valence-corrected chi connectivity index (χ2v) is 5.06. The fourth-order valence-electron chi connectivity index (χ4n) is 1.26. The Morgan fingerprint density at radius 3 is 2.76 bits per heavy atom. The lowest BCUT2D eigenvalue weighted by Crippen LogP contribution is -2.02. The molecule has 3 nitrogen and oxygen atoms in total. The van der Waals surface area contributed by atoms with Crippen molar-refractivity contribution in [1.82, 2.24) is 4.98 Å². The number of aliphatic hydroxyl groups excluding tert-OH is 1. The molecule has 1 N–H and O–H groups in total. The Morgan fingerprint density at radius 2 is 2.35 bits per heavy atom. The maximum Gasteiger partial charge on any atom is 0.177 e. The number of aliphatic hydroxyl groups is 1. The molecule has 1 aromatic heterocycles. The van der Waals surface area contributed by atoms with E-state index >= 15 is 0 Å². The number of hydrogen-bond donors (Lipinski definition) is 1. The summed E-state index contributed by atoms with van der Waals surface area (Å²) >= 11 is 8.18.